The summed E-state index contributed by atoms with van der Waals surface area (Å²) in [5.74, 6) is 0.575. The van der Waals surface area contributed by atoms with Crippen molar-refractivity contribution >= 4 is 17.3 Å². The third-order valence-electron chi connectivity index (χ3n) is 2.91. The topological polar surface area (TPSA) is 72.2 Å². The van der Waals surface area contributed by atoms with Gasteiger partial charge in [-0.2, -0.15) is 5.26 Å². The van der Waals surface area contributed by atoms with Crippen molar-refractivity contribution in [2.45, 2.75) is 27.7 Å². The lowest BCUT2D eigenvalue weighted by Gasteiger charge is -2.10. The SMILES string of the molecule is CC(=O)Oc1sc(-c2ccc(OCC(C)C)c(C#N)c2)nc1C. The number of nitriles is 1. The Morgan fingerprint density at radius 3 is 2.78 bits per heavy atom. The molecule has 0 amide bonds. The van der Waals surface area contributed by atoms with Crippen molar-refractivity contribution in [2.75, 3.05) is 6.61 Å². The van der Waals surface area contributed by atoms with E-state index in [1.807, 2.05) is 6.07 Å². The fraction of sp³-hybridized carbons (Fsp3) is 0.353. The zero-order valence-electron chi connectivity index (χ0n) is 13.5. The van der Waals surface area contributed by atoms with Crippen LogP contribution < -0.4 is 9.47 Å². The van der Waals surface area contributed by atoms with Crippen LogP contribution in [-0.4, -0.2) is 17.6 Å². The standard InChI is InChI=1S/C17H18N2O3S/c1-10(2)9-21-15-6-5-13(7-14(15)8-18)16-19-11(3)17(23-16)22-12(4)20/h5-7,10H,9H2,1-4H3. The number of ether oxygens (including phenoxy) is 2. The molecule has 0 atom stereocenters. The minimum atomic E-state index is -0.376. The van der Waals surface area contributed by atoms with Gasteiger partial charge in [-0.25, -0.2) is 4.98 Å². The first-order chi connectivity index (χ1) is 10.9. The van der Waals surface area contributed by atoms with E-state index in [0.29, 0.717) is 39.6 Å². The number of benzene rings is 1. The van der Waals surface area contributed by atoms with E-state index in [1.54, 1.807) is 19.1 Å². The molecule has 6 heteroatoms. The molecule has 0 unspecified atom stereocenters. The normalized spacial score (nSPS) is 10.4. The Morgan fingerprint density at radius 2 is 2.17 bits per heavy atom. The fourth-order valence-electron chi connectivity index (χ4n) is 1.86. The van der Waals surface area contributed by atoms with Crippen LogP contribution >= 0.6 is 11.3 Å². The first-order valence-corrected chi connectivity index (χ1v) is 8.05. The molecule has 120 valence electrons. The Bertz CT molecular complexity index is 760. The maximum Gasteiger partial charge on any atom is 0.308 e. The average Bonchev–Trinajstić information content (AvgIpc) is 2.85. The van der Waals surface area contributed by atoms with E-state index in [0.717, 1.165) is 5.56 Å². The molecule has 0 fully saturated rings. The summed E-state index contributed by atoms with van der Waals surface area (Å²) in [5, 5.41) is 10.5. The minimum absolute atomic E-state index is 0.376. The Morgan fingerprint density at radius 1 is 1.43 bits per heavy atom. The number of rotatable bonds is 5. The molecule has 1 aromatic heterocycles. The van der Waals surface area contributed by atoms with E-state index in [-0.39, 0.29) is 5.97 Å². The number of esters is 1. The highest BCUT2D eigenvalue weighted by molar-refractivity contribution is 7.17. The van der Waals surface area contributed by atoms with Crippen LogP contribution in [-0.2, 0) is 4.79 Å². The summed E-state index contributed by atoms with van der Waals surface area (Å²) in [4.78, 5) is 15.5. The summed E-state index contributed by atoms with van der Waals surface area (Å²) < 4.78 is 10.8. The number of hydrogen-bond acceptors (Lipinski definition) is 6. The summed E-state index contributed by atoms with van der Waals surface area (Å²) in [7, 11) is 0. The highest BCUT2D eigenvalue weighted by Gasteiger charge is 2.14. The highest BCUT2D eigenvalue weighted by Crippen LogP contribution is 2.35. The van der Waals surface area contributed by atoms with Crippen molar-refractivity contribution in [3.05, 3.63) is 29.5 Å². The van der Waals surface area contributed by atoms with Gasteiger partial charge >= 0.3 is 5.97 Å². The molecule has 0 radical (unpaired) electrons. The van der Waals surface area contributed by atoms with Crippen LogP contribution in [0, 0.1) is 24.2 Å². The molecule has 2 aromatic rings. The van der Waals surface area contributed by atoms with Gasteiger partial charge in [0.2, 0.25) is 5.06 Å². The van der Waals surface area contributed by atoms with Crippen molar-refractivity contribution in [2.24, 2.45) is 5.92 Å². The zero-order chi connectivity index (χ0) is 17.0. The van der Waals surface area contributed by atoms with Gasteiger partial charge in [0.1, 0.15) is 16.8 Å². The number of aromatic nitrogens is 1. The predicted octanol–water partition coefficient (Wildman–Crippen LogP) is 3.95. The molecule has 23 heavy (non-hydrogen) atoms. The molecule has 1 heterocycles. The number of carbonyl (C=O) groups is 1. The van der Waals surface area contributed by atoms with Gasteiger partial charge < -0.3 is 9.47 Å². The van der Waals surface area contributed by atoms with Crippen molar-refractivity contribution < 1.29 is 14.3 Å². The lowest BCUT2D eigenvalue weighted by molar-refractivity contribution is -0.131. The molecular formula is C17H18N2O3S. The number of aryl methyl sites for hydroxylation is 1. The summed E-state index contributed by atoms with van der Waals surface area (Å²) >= 11 is 1.28. The molecule has 5 nitrogen and oxygen atoms in total. The summed E-state index contributed by atoms with van der Waals surface area (Å²) in [6.07, 6.45) is 0. The number of carbonyl (C=O) groups excluding carboxylic acids is 1. The number of thiazole rings is 1. The first kappa shape index (κ1) is 17.0. The average molecular weight is 330 g/mol. The second-order valence-corrected chi connectivity index (χ2v) is 6.47. The number of nitrogens with zero attached hydrogens (tertiary/aromatic N) is 2. The lowest BCUT2D eigenvalue weighted by Crippen LogP contribution is -2.05. The van der Waals surface area contributed by atoms with Crippen LogP contribution in [0.1, 0.15) is 32.0 Å². The quantitative estimate of drug-likeness (QED) is 0.776. The van der Waals surface area contributed by atoms with Crippen LogP contribution in [0.5, 0.6) is 10.8 Å². The molecule has 1 aromatic carbocycles. The van der Waals surface area contributed by atoms with Gasteiger partial charge in [-0.05, 0) is 31.0 Å². The van der Waals surface area contributed by atoms with Crippen molar-refractivity contribution in [1.29, 1.82) is 5.26 Å². The van der Waals surface area contributed by atoms with Crippen LogP contribution in [0.3, 0.4) is 0 Å². The van der Waals surface area contributed by atoms with E-state index < -0.39 is 0 Å². The molecule has 0 spiro atoms. The maximum atomic E-state index is 11.1. The largest absolute Gasteiger partial charge is 0.492 e. The van der Waals surface area contributed by atoms with E-state index in [9.17, 15) is 10.1 Å². The van der Waals surface area contributed by atoms with E-state index in [2.05, 4.69) is 24.9 Å². The molecule has 0 N–H and O–H groups in total. The van der Waals surface area contributed by atoms with Gasteiger partial charge in [-0.15, -0.1) is 0 Å². The van der Waals surface area contributed by atoms with Gasteiger partial charge in [-0.1, -0.05) is 25.2 Å². The summed E-state index contributed by atoms with van der Waals surface area (Å²) in [5.41, 5.74) is 1.91. The molecule has 0 aliphatic heterocycles. The van der Waals surface area contributed by atoms with Gasteiger partial charge in [-0.3, -0.25) is 4.79 Å². The second kappa shape index (κ2) is 7.25. The third kappa shape index (κ3) is 4.30. The third-order valence-corrected chi connectivity index (χ3v) is 3.99. The highest BCUT2D eigenvalue weighted by atomic mass is 32.1. The Labute approximate surface area is 139 Å². The monoisotopic (exact) mass is 330 g/mol. The number of hydrogen-bond donors (Lipinski definition) is 0. The van der Waals surface area contributed by atoms with Crippen molar-refractivity contribution in [3.8, 4) is 27.5 Å². The fourth-order valence-corrected chi connectivity index (χ4v) is 2.82. The van der Waals surface area contributed by atoms with Gasteiger partial charge in [0, 0.05) is 12.5 Å². The maximum absolute atomic E-state index is 11.1. The zero-order valence-corrected chi connectivity index (χ0v) is 14.4. The summed E-state index contributed by atoms with van der Waals surface area (Å²) in [6.45, 7) is 7.79. The predicted molar refractivity (Wildman–Crippen MR) is 88.6 cm³/mol. The molecule has 0 saturated heterocycles. The smallest absolute Gasteiger partial charge is 0.308 e. The van der Waals surface area contributed by atoms with Gasteiger partial charge in [0.15, 0.2) is 0 Å². The molecular weight excluding hydrogens is 312 g/mol. The van der Waals surface area contributed by atoms with Crippen molar-refractivity contribution in [1.82, 2.24) is 4.98 Å². The van der Waals surface area contributed by atoms with Crippen LogP contribution in [0.2, 0.25) is 0 Å². The van der Waals surface area contributed by atoms with E-state index >= 15 is 0 Å². The molecule has 0 saturated carbocycles. The van der Waals surface area contributed by atoms with Crippen molar-refractivity contribution in [3.63, 3.8) is 0 Å². The van der Waals surface area contributed by atoms with E-state index in [1.165, 1.54) is 18.3 Å². The van der Waals surface area contributed by atoms with Gasteiger partial charge in [0.05, 0.1) is 17.9 Å². The molecule has 2 rings (SSSR count). The Balaban J connectivity index is 2.30. The first-order valence-electron chi connectivity index (χ1n) is 7.24. The second-order valence-electron chi connectivity index (χ2n) is 5.51. The molecule has 0 aliphatic rings. The lowest BCUT2D eigenvalue weighted by atomic mass is 10.1. The summed E-state index contributed by atoms with van der Waals surface area (Å²) in [6, 6.07) is 7.52. The van der Waals surface area contributed by atoms with E-state index in [4.69, 9.17) is 9.47 Å². The van der Waals surface area contributed by atoms with Crippen LogP contribution in [0.25, 0.3) is 10.6 Å². The molecule has 0 aliphatic carbocycles. The van der Waals surface area contributed by atoms with Crippen LogP contribution in [0.15, 0.2) is 18.2 Å². The minimum Gasteiger partial charge on any atom is -0.492 e. The molecule has 0 bridgehead atoms. The Kier molecular flexibility index (Phi) is 5.35. The Hall–Kier alpha value is -2.39. The van der Waals surface area contributed by atoms with Gasteiger partial charge in [0.25, 0.3) is 0 Å². The van der Waals surface area contributed by atoms with Crippen LogP contribution in [0.4, 0.5) is 0 Å².